The van der Waals surface area contributed by atoms with Crippen LogP contribution in [0.5, 0.6) is 0 Å². The summed E-state index contributed by atoms with van der Waals surface area (Å²) >= 11 is 0. The van der Waals surface area contributed by atoms with Crippen LogP contribution in [0.3, 0.4) is 0 Å². The van der Waals surface area contributed by atoms with E-state index in [4.69, 9.17) is 0 Å². The zero-order valence-electron chi connectivity index (χ0n) is 15.5. The van der Waals surface area contributed by atoms with Gasteiger partial charge in [0, 0.05) is 29.9 Å². The summed E-state index contributed by atoms with van der Waals surface area (Å²) < 4.78 is 28.3. The highest BCUT2D eigenvalue weighted by atomic mass is 19.3. The molecule has 1 fully saturated rings. The number of carbonyl (C=O) groups is 1. The SMILES string of the molecule is Cc1ccc2c(c1)CCCN2C(=O)c1cc2nc(C3CC3)cc(C(F)F)n2n1. The van der Waals surface area contributed by atoms with Crippen LogP contribution < -0.4 is 4.90 Å². The Balaban J connectivity index is 1.57. The molecular formula is C21H20F2N4O. The molecule has 2 aliphatic rings. The molecule has 144 valence electrons. The molecular weight excluding hydrogens is 362 g/mol. The maximum atomic E-state index is 13.6. The maximum Gasteiger partial charge on any atom is 0.280 e. The van der Waals surface area contributed by atoms with Crippen LogP contribution in [-0.2, 0) is 6.42 Å². The Hall–Kier alpha value is -2.83. The van der Waals surface area contributed by atoms with Gasteiger partial charge in [0.1, 0.15) is 5.69 Å². The van der Waals surface area contributed by atoms with Crippen molar-refractivity contribution in [2.75, 3.05) is 11.4 Å². The first-order valence-electron chi connectivity index (χ1n) is 9.61. The zero-order chi connectivity index (χ0) is 19.4. The molecule has 0 N–H and O–H groups in total. The number of carbonyl (C=O) groups excluding carboxylic acids is 1. The number of anilines is 1. The summed E-state index contributed by atoms with van der Waals surface area (Å²) in [5, 5.41) is 4.20. The molecule has 7 heteroatoms. The minimum atomic E-state index is -2.68. The molecule has 1 saturated carbocycles. The molecule has 0 spiro atoms. The number of hydrogen-bond acceptors (Lipinski definition) is 3. The lowest BCUT2D eigenvalue weighted by atomic mass is 9.99. The van der Waals surface area contributed by atoms with E-state index in [1.807, 2.05) is 19.1 Å². The maximum absolute atomic E-state index is 13.6. The smallest absolute Gasteiger partial charge is 0.280 e. The lowest BCUT2D eigenvalue weighted by molar-refractivity contribution is 0.0979. The zero-order valence-corrected chi connectivity index (χ0v) is 15.5. The van der Waals surface area contributed by atoms with Crippen LogP contribution in [0, 0.1) is 6.92 Å². The molecule has 1 aliphatic carbocycles. The van der Waals surface area contributed by atoms with Crippen molar-refractivity contribution in [1.82, 2.24) is 14.6 Å². The second-order valence-corrected chi connectivity index (χ2v) is 7.67. The normalized spacial score (nSPS) is 16.6. The van der Waals surface area contributed by atoms with Crippen molar-refractivity contribution in [3.8, 4) is 0 Å². The highest BCUT2D eigenvalue weighted by Crippen LogP contribution is 2.40. The van der Waals surface area contributed by atoms with Crippen LogP contribution in [0.15, 0.2) is 30.3 Å². The van der Waals surface area contributed by atoms with Crippen molar-refractivity contribution in [3.63, 3.8) is 0 Å². The van der Waals surface area contributed by atoms with Crippen LogP contribution >= 0.6 is 0 Å². The molecule has 0 radical (unpaired) electrons. The van der Waals surface area contributed by atoms with Crippen LogP contribution in [-0.4, -0.2) is 27.0 Å². The summed E-state index contributed by atoms with van der Waals surface area (Å²) in [5.74, 6) is -0.0303. The van der Waals surface area contributed by atoms with Gasteiger partial charge in [0.25, 0.3) is 12.3 Å². The first-order chi connectivity index (χ1) is 13.5. The fourth-order valence-electron chi connectivity index (χ4n) is 3.94. The number of fused-ring (bicyclic) bond motifs is 2. The van der Waals surface area contributed by atoms with Gasteiger partial charge in [-0.2, -0.15) is 5.10 Å². The van der Waals surface area contributed by atoms with Crippen molar-refractivity contribution in [1.29, 1.82) is 0 Å². The lowest BCUT2D eigenvalue weighted by Crippen LogP contribution is -2.35. The first kappa shape index (κ1) is 17.3. The van der Waals surface area contributed by atoms with E-state index in [0.717, 1.165) is 47.0 Å². The van der Waals surface area contributed by atoms with Gasteiger partial charge >= 0.3 is 0 Å². The third kappa shape index (κ3) is 2.85. The van der Waals surface area contributed by atoms with Gasteiger partial charge in [-0.05, 0) is 50.3 Å². The van der Waals surface area contributed by atoms with Crippen LogP contribution in [0.4, 0.5) is 14.5 Å². The fraction of sp³-hybridized carbons (Fsp3) is 0.381. The Labute approximate surface area is 161 Å². The number of benzene rings is 1. The quantitative estimate of drug-likeness (QED) is 0.673. The van der Waals surface area contributed by atoms with E-state index in [9.17, 15) is 13.6 Å². The average Bonchev–Trinajstić information content (AvgIpc) is 3.44. The van der Waals surface area contributed by atoms with E-state index < -0.39 is 6.43 Å². The van der Waals surface area contributed by atoms with Crippen LogP contribution in [0.25, 0.3) is 5.65 Å². The van der Waals surface area contributed by atoms with Crippen molar-refractivity contribution in [2.45, 2.75) is 45.0 Å². The summed E-state index contributed by atoms with van der Waals surface area (Å²) in [5.41, 5.74) is 4.07. The Morgan fingerprint density at radius 2 is 2.04 bits per heavy atom. The molecule has 0 unspecified atom stereocenters. The standard InChI is InChI=1S/C21H20F2N4O/c1-12-4-7-17-14(9-12)3-2-8-26(17)21(28)16-11-19-24-15(13-5-6-13)10-18(20(22)23)27(19)25-16/h4,7,9-11,13,20H,2-3,5-6,8H2,1H3. The summed E-state index contributed by atoms with van der Waals surface area (Å²) in [4.78, 5) is 19.3. The molecule has 0 saturated heterocycles. The van der Waals surface area contributed by atoms with E-state index in [-0.39, 0.29) is 23.2 Å². The number of aryl methyl sites for hydroxylation is 2. The van der Waals surface area contributed by atoms with Gasteiger partial charge in [-0.15, -0.1) is 0 Å². The van der Waals surface area contributed by atoms with E-state index in [1.54, 1.807) is 4.90 Å². The van der Waals surface area contributed by atoms with Crippen LogP contribution in [0.1, 0.15) is 64.6 Å². The molecule has 28 heavy (non-hydrogen) atoms. The summed E-state index contributed by atoms with van der Waals surface area (Å²) in [6.07, 6.45) is 1.05. The number of halogens is 2. The molecule has 3 aromatic rings. The Morgan fingerprint density at radius 3 is 2.79 bits per heavy atom. The molecule has 5 nitrogen and oxygen atoms in total. The highest BCUT2D eigenvalue weighted by Gasteiger charge is 2.30. The minimum absolute atomic E-state index is 0.149. The number of hydrogen-bond donors (Lipinski definition) is 0. The van der Waals surface area contributed by atoms with E-state index in [1.165, 1.54) is 12.1 Å². The Morgan fingerprint density at radius 1 is 1.21 bits per heavy atom. The van der Waals surface area contributed by atoms with Gasteiger partial charge < -0.3 is 4.90 Å². The molecule has 0 bridgehead atoms. The number of alkyl halides is 2. The van der Waals surface area contributed by atoms with Crippen molar-refractivity contribution in [3.05, 3.63) is 58.5 Å². The predicted octanol–water partition coefficient (Wildman–Crippen LogP) is 4.45. The monoisotopic (exact) mass is 382 g/mol. The van der Waals surface area contributed by atoms with Crippen molar-refractivity contribution in [2.24, 2.45) is 0 Å². The van der Waals surface area contributed by atoms with Gasteiger partial charge in [-0.25, -0.2) is 18.3 Å². The number of nitrogens with zero attached hydrogens (tertiary/aromatic N) is 4. The lowest BCUT2D eigenvalue weighted by Gasteiger charge is -2.29. The van der Waals surface area contributed by atoms with Gasteiger partial charge in [0.15, 0.2) is 11.3 Å². The molecule has 1 aromatic carbocycles. The second-order valence-electron chi connectivity index (χ2n) is 7.67. The van der Waals surface area contributed by atoms with Crippen molar-refractivity contribution < 1.29 is 13.6 Å². The summed E-state index contributed by atoms with van der Waals surface area (Å²) in [7, 11) is 0. The van der Waals surface area contributed by atoms with E-state index in [2.05, 4.69) is 16.1 Å². The Bertz CT molecular complexity index is 1090. The molecule has 5 rings (SSSR count). The van der Waals surface area contributed by atoms with Crippen LogP contribution in [0.2, 0.25) is 0 Å². The number of rotatable bonds is 3. The largest absolute Gasteiger partial charge is 0.307 e. The predicted molar refractivity (Wildman–Crippen MR) is 101 cm³/mol. The van der Waals surface area contributed by atoms with Gasteiger partial charge in [-0.1, -0.05) is 17.7 Å². The topological polar surface area (TPSA) is 50.5 Å². The molecule has 3 heterocycles. The van der Waals surface area contributed by atoms with Gasteiger partial charge in [-0.3, -0.25) is 4.79 Å². The third-order valence-electron chi connectivity index (χ3n) is 5.51. The third-order valence-corrected chi connectivity index (χ3v) is 5.51. The summed E-state index contributed by atoms with van der Waals surface area (Å²) in [6, 6.07) is 8.98. The number of amides is 1. The highest BCUT2D eigenvalue weighted by molar-refractivity contribution is 6.06. The molecule has 2 aromatic heterocycles. The molecule has 1 aliphatic heterocycles. The second kappa shape index (κ2) is 6.36. The average molecular weight is 382 g/mol. The van der Waals surface area contributed by atoms with E-state index >= 15 is 0 Å². The van der Waals surface area contributed by atoms with Gasteiger partial charge in [0.05, 0.1) is 0 Å². The molecule has 1 amide bonds. The van der Waals surface area contributed by atoms with Crippen molar-refractivity contribution >= 4 is 17.2 Å². The summed E-state index contributed by atoms with van der Waals surface area (Å²) in [6.45, 7) is 2.61. The van der Waals surface area contributed by atoms with E-state index in [0.29, 0.717) is 17.9 Å². The fourth-order valence-corrected chi connectivity index (χ4v) is 3.94. The molecule has 0 atom stereocenters. The minimum Gasteiger partial charge on any atom is -0.307 e. The van der Waals surface area contributed by atoms with Gasteiger partial charge in [0.2, 0.25) is 0 Å². The first-order valence-corrected chi connectivity index (χ1v) is 9.61. The Kier molecular flexibility index (Phi) is 3.92. The number of aromatic nitrogens is 3.